The molecule has 5 nitrogen and oxygen atoms in total. The summed E-state index contributed by atoms with van der Waals surface area (Å²) in [4.78, 5) is 0. The minimum atomic E-state index is -0.351. The van der Waals surface area contributed by atoms with Crippen LogP contribution in [-0.4, -0.2) is 32.5 Å². The molecule has 206 valence electrons. The Morgan fingerprint density at radius 1 is 0.500 bits per heavy atom. The summed E-state index contributed by atoms with van der Waals surface area (Å²) >= 11 is 0. The van der Waals surface area contributed by atoms with E-state index in [-0.39, 0.29) is 24.2 Å². The van der Waals surface area contributed by atoms with Gasteiger partial charge in [-0.1, -0.05) is 109 Å². The average molecular weight is 537 g/mol. The van der Waals surface area contributed by atoms with Crippen LogP contribution in [0.3, 0.4) is 0 Å². The van der Waals surface area contributed by atoms with Crippen molar-refractivity contribution in [2.45, 2.75) is 44.1 Å². The van der Waals surface area contributed by atoms with Crippen molar-refractivity contribution in [2.75, 3.05) is 14.2 Å². The van der Waals surface area contributed by atoms with Gasteiger partial charge in [-0.25, -0.2) is 0 Å². The van der Waals surface area contributed by atoms with Crippen LogP contribution in [0.2, 0.25) is 0 Å². The topological polar surface area (TPSA) is 46.2 Å². The van der Waals surface area contributed by atoms with Gasteiger partial charge in [0.05, 0.1) is 40.1 Å². The van der Waals surface area contributed by atoms with Crippen LogP contribution >= 0.6 is 0 Å². The minimum absolute atomic E-state index is 0.0825. The van der Waals surface area contributed by atoms with Crippen molar-refractivity contribution in [3.8, 4) is 11.5 Å². The summed E-state index contributed by atoms with van der Waals surface area (Å²) in [6.45, 7) is 1.39. The quantitative estimate of drug-likeness (QED) is 0.181. The van der Waals surface area contributed by atoms with Crippen LogP contribution < -0.4 is 9.47 Å². The Morgan fingerprint density at radius 3 is 1.52 bits per heavy atom. The first kappa shape index (κ1) is 27.7. The fourth-order valence-corrected chi connectivity index (χ4v) is 5.04. The first-order chi connectivity index (χ1) is 19.7. The molecule has 0 heterocycles. The number of hydrogen-bond donors (Lipinski definition) is 0. The average Bonchev–Trinajstić information content (AvgIpc) is 3.03. The molecular formula is C35H36O5. The Bertz CT molecular complexity index is 1340. The third-order valence-electron chi connectivity index (χ3n) is 7.16. The highest BCUT2D eigenvalue weighted by Gasteiger charge is 2.40. The molecule has 40 heavy (non-hydrogen) atoms. The number of methoxy groups -OCH3 is 2. The second-order valence-electron chi connectivity index (χ2n) is 9.81. The van der Waals surface area contributed by atoms with Crippen molar-refractivity contribution in [3.05, 3.63) is 144 Å². The Kier molecular flexibility index (Phi) is 9.64. The van der Waals surface area contributed by atoms with E-state index in [1.165, 1.54) is 0 Å². The number of rotatable bonds is 12. The molecule has 0 aliphatic heterocycles. The van der Waals surface area contributed by atoms with E-state index in [2.05, 4.69) is 54.6 Å². The van der Waals surface area contributed by atoms with Gasteiger partial charge in [0.15, 0.2) is 11.5 Å². The van der Waals surface area contributed by atoms with Crippen LogP contribution in [0.25, 0.3) is 0 Å². The van der Waals surface area contributed by atoms with Gasteiger partial charge < -0.3 is 23.7 Å². The summed E-state index contributed by atoms with van der Waals surface area (Å²) < 4.78 is 31.0. The lowest BCUT2D eigenvalue weighted by Crippen LogP contribution is -2.47. The van der Waals surface area contributed by atoms with Crippen molar-refractivity contribution in [1.29, 1.82) is 0 Å². The smallest absolute Gasteiger partial charge is 0.161 e. The molecule has 1 aliphatic rings. The summed E-state index contributed by atoms with van der Waals surface area (Å²) in [5.74, 6) is 1.29. The normalized spacial score (nSPS) is 20.2. The number of hydrogen-bond acceptors (Lipinski definition) is 5. The summed E-state index contributed by atoms with van der Waals surface area (Å²) in [5, 5.41) is 0. The first-order valence-electron chi connectivity index (χ1n) is 13.6. The summed E-state index contributed by atoms with van der Waals surface area (Å²) in [6, 6.07) is 36.7. The highest BCUT2D eigenvalue weighted by Crippen LogP contribution is 2.38. The molecule has 0 N–H and O–H groups in total. The molecule has 0 fully saturated rings. The van der Waals surface area contributed by atoms with E-state index in [1.54, 1.807) is 14.2 Å². The van der Waals surface area contributed by atoms with Crippen LogP contribution in [0.4, 0.5) is 0 Å². The lowest BCUT2D eigenvalue weighted by Gasteiger charge is -2.39. The van der Waals surface area contributed by atoms with Gasteiger partial charge in [0.25, 0.3) is 0 Å². The van der Waals surface area contributed by atoms with Gasteiger partial charge in [-0.3, -0.25) is 0 Å². The molecule has 0 radical (unpaired) electrons. The molecular weight excluding hydrogens is 500 g/mol. The molecule has 4 atom stereocenters. The van der Waals surface area contributed by atoms with Crippen molar-refractivity contribution >= 4 is 0 Å². The Labute approximate surface area is 236 Å². The number of ether oxygens (including phenoxy) is 5. The molecule has 4 aromatic rings. The highest BCUT2D eigenvalue weighted by atomic mass is 16.6. The SMILES string of the molecule is COc1ccc([C@@H]2C=C[C@H](OCc3ccccc3)[C@@H](OCc3ccccc3)[C@@H]2OCc2ccccc2)cc1OC. The molecule has 5 rings (SSSR count). The minimum Gasteiger partial charge on any atom is -0.493 e. The Morgan fingerprint density at radius 2 is 1.00 bits per heavy atom. The summed E-state index contributed by atoms with van der Waals surface area (Å²) in [7, 11) is 3.30. The summed E-state index contributed by atoms with van der Waals surface area (Å²) in [5.41, 5.74) is 4.37. The van der Waals surface area contributed by atoms with Crippen LogP contribution in [0, 0.1) is 0 Å². The molecule has 5 heteroatoms. The molecule has 0 spiro atoms. The zero-order valence-electron chi connectivity index (χ0n) is 23.0. The van der Waals surface area contributed by atoms with Crippen molar-refractivity contribution < 1.29 is 23.7 Å². The van der Waals surface area contributed by atoms with Gasteiger partial charge in [-0.15, -0.1) is 0 Å². The fourth-order valence-electron chi connectivity index (χ4n) is 5.04. The van der Waals surface area contributed by atoms with E-state index in [0.29, 0.717) is 31.3 Å². The predicted octanol–water partition coefficient (Wildman–Crippen LogP) is 7.11. The first-order valence-corrected chi connectivity index (χ1v) is 13.6. The molecule has 0 saturated carbocycles. The maximum absolute atomic E-state index is 6.72. The van der Waals surface area contributed by atoms with Crippen LogP contribution in [0.5, 0.6) is 11.5 Å². The molecule has 0 amide bonds. The van der Waals surface area contributed by atoms with E-state index in [0.717, 1.165) is 22.3 Å². The van der Waals surface area contributed by atoms with Gasteiger partial charge in [0.1, 0.15) is 12.2 Å². The summed E-state index contributed by atoms with van der Waals surface area (Å²) in [6.07, 6.45) is 3.33. The van der Waals surface area contributed by atoms with Gasteiger partial charge in [-0.2, -0.15) is 0 Å². The second-order valence-corrected chi connectivity index (χ2v) is 9.81. The van der Waals surface area contributed by atoms with Gasteiger partial charge >= 0.3 is 0 Å². The van der Waals surface area contributed by atoms with E-state index in [1.807, 2.05) is 66.7 Å². The Balaban J connectivity index is 1.47. The lowest BCUT2D eigenvalue weighted by atomic mass is 9.83. The number of benzene rings is 4. The van der Waals surface area contributed by atoms with E-state index >= 15 is 0 Å². The lowest BCUT2D eigenvalue weighted by molar-refractivity contribution is -0.147. The van der Waals surface area contributed by atoms with Crippen molar-refractivity contribution in [2.24, 2.45) is 0 Å². The zero-order chi connectivity index (χ0) is 27.6. The van der Waals surface area contributed by atoms with Gasteiger partial charge in [-0.05, 0) is 34.4 Å². The third kappa shape index (κ3) is 6.99. The fraction of sp³-hybridized carbons (Fsp3) is 0.257. The monoisotopic (exact) mass is 536 g/mol. The van der Waals surface area contributed by atoms with Gasteiger partial charge in [0.2, 0.25) is 0 Å². The zero-order valence-corrected chi connectivity index (χ0v) is 23.0. The van der Waals surface area contributed by atoms with Crippen LogP contribution in [-0.2, 0) is 34.0 Å². The van der Waals surface area contributed by atoms with E-state index in [9.17, 15) is 0 Å². The van der Waals surface area contributed by atoms with E-state index < -0.39 is 0 Å². The third-order valence-corrected chi connectivity index (χ3v) is 7.16. The van der Waals surface area contributed by atoms with Crippen molar-refractivity contribution in [1.82, 2.24) is 0 Å². The largest absolute Gasteiger partial charge is 0.493 e. The predicted molar refractivity (Wildman–Crippen MR) is 156 cm³/mol. The van der Waals surface area contributed by atoms with E-state index in [4.69, 9.17) is 23.7 Å². The molecule has 0 bridgehead atoms. The van der Waals surface area contributed by atoms with Crippen molar-refractivity contribution in [3.63, 3.8) is 0 Å². The molecule has 0 aromatic heterocycles. The van der Waals surface area contributed by atoms with Crippen LogP contribution in [0.15, 0.2) is 121 Å². The molecule has 4 aromatic carbocycles. The second kappa shape index (κ2) is 13.9. The maximum Gasteiger partial charge on any atom is 0.161 e. The molecule has 0 unspecified atom stereocenters. The highest BCUT2D eigenvalue weighted by molar-refractivity contribution is 5.45. The standard InChI is InChI=1S/C35H36O5/c1-36-31-20-18-29(22-33(31)37-2)30-19-21-32(38-23-26-12-6-3-7-13-26)35(40-25-28-16-10-5-11-17-28)34(30)39-24-27-14-8-4-9-15-27/h3-22,30,32,34-35H,23-25H2,1-2H3/t30-,32-,34+,35+/m0/s1. The maximum atomic E-state index is 6.72. The Hall–Kier alpha value is -3.90. The molecule has 0 saturated heterocycles. The molecule has 1 aliphatic carbocycles. The van der Waals surface area contributed by atoms with Crippen LogP contribution in [0.1, 0.15) is 28.2 Å². The van der Waals surface area contributed by atoms with Gasteiger partial charge in [0, 0.05) is 5.92 Å².